The highest BCUT2D eigenvalue weighted by molar-refractivity contribution is 6.31. The molecule has 36 heavy (non-hydrogen) atoms. The van der Waals surface area contributed by atoms with Crippen LogP contribution >= 0.6 is 23.2 Å². The molecule has 2 N–H and O–H groups in total. The summed E-state index contributed by atoms with van der Waals surface area (Å²) < 4.78 is 11.3. The van der Waals surface area contributed by atoms with Crippen LogP contribution in [0.2, 0.25) is 10.0 Å². The van der Waals surface area contributed by atoms with Gasteiger partial charge in [0.05, 0.1) is 11.1 Å². The molecule has 9 nitrogen and oxygen atoms in total. The first kappa shape index (κ1) is 23.3. The number of carbonyl (C=O) groups is 2. The number of oxazole rings is 2. The number of allylic oxidation sites excluding steroid dienone is 2. The fraction of sp³-hybridized carbons (Fsp3) is 0. The Balaban J connectivity index is 1.33. The minimum Gasteiger partial charge on any atom is -0.436 e. The van der Waals surface area contributed by atoms with Crippen molar-refractivity contribution in [2.45, 2.75) is 0 Å². The highest BCUT2D eigenvalue weighted by atomic mass is 35.5. The van der Waals surface area contributed by atoms with Gasteiger partial charge in [0.25, 0.3) is 0 Å². The third-order valence-electron chi connectivity index (χ3n) is 4.95. The average molecular weight is 520 g/mol. The Bertz CT molecular complexity index is 1550. The van der Waals surface area contributed by atoms with Gasteiger partial charge < -0.3 is 19.5 Å². The summed E-state index contributed by atoms with van der Waals surface area (Å²) in [6.45, 7) is 0. The molecule has 11 heteroatoms. The van der Waals surface area contributed by atoms with Crippen molar-refractivity contribution < 1.29 is 18.4 Å². The molecule has 0 aliphatic heterocycles. The number of aromatic nitrogens is 3. The van der Waals surface area contributed by atoms with Crippen LogP contribution in [0, 0.1) is 0 Å². The molecule has 0 unspecified atom stereocenters. The summed E-state index contributed by atoms with van der Waals surface area (Å²) in [6, 6.07) is 15.1. The van der Waals surface area contributed by atoms with E-state index in [1.807, 2.05) is 0 Å². The lowest BCUT2D eigenvalue weighted by molar-refractivity contribution is -0.104. The Morgan fingerprint density at radius 1 is 0.694 bits per heavy atom. The van der Waals surface area contributed by atoms with Crippen LogP contribution in [0.4, 0.5) is 11.6 Å². The molecule has 0 aliphatic rings. The molecule has 3 heterocycles. The molecule has 0 bridgehead atoms. The zero-order chi connectivity index (χ0) is 25.1. The third-order valence-corrected chi connectivity index (χ3v) is 5.42. The summed E-state index contributed by atoms with van der Waals surface area (Å²) in [5.41, 5.74) is 2.45. The highest BCUT2D eigenvalue weighted by Gasteiger charge is 2.12. The highest BCUT2D eigenvalue weighted by Crippen LogP contribution is 2.24. The van der Waals surface area contributed by atoms with Gasteiger partial charge >= 0.3 is 0 Å². The number of benzene rings is 2. The van der Waals surface area contributed by atoms with E-state index in [0.717, 1.165) is 0 Å². The summed E-state index contributed by atoms with van der Waals surface area (Å²) in [7, 11) is 0. The molecule has 0 atom stereocenters. The zero-order valence-corrected chi connectivity index (χ0v) is 19.7. The van der Waals surface area contributed by atoms with E-state index in [1.165, 1.54) is 12.4 Å². The molecule has 0 saturated carbocycles. The number of nitrogens with zero attached hydrogens (tertiary/aromatic N) is 3. The maximum Gasteiger partial charge on any atom is 0.232 e. The van der Waals surface area contributed by atoms with E-state index in [-0.39, 0.29) is 22.9 Å². The van der Waals surface area contributed by atoms with Crippen LogP contribution in [-0.4, -0.2) is 27.5 Å². The molecule has 2 aromatic carbocycles. The largest absolute Gasteiger partial charge is 0.436 e. The Kier molecular flexibility index (Phi) is 6.48. The van der Waals surface area contributed by atoms with E-state index < -0.39 is 0 Å². The second-order valence-electron chi connectivity index (χ2n) is 7.39. The molecule has 3 aromatic heterocycles. The lowest BCUT2D eigenvalue weighted by Crippen LogP contribution is -1.99. The van der Waals surface area contributed by atoms with Crippen LogP contribution in [0.1, 0.15) is 11.8 Å². The van der Waals surface area contributed by atoms with Gasteiger partial charge in [-0.3, -0.25) is 9.59 Å². The number of rotatable bonds is 8. The van der Waals surface area contributed by atoms with E-state index >= 15 is 0 Å². The minimum absolute atomic E-state index is 0.141. The standard InChI is InChI=1S/C25H15Cl2N5O4/c26-16-4-6-20-18(8-16)30-24(35-20)14(12-33)10-28-22-2-1-3-23(32-22)29-11-15(13-34)25-31-19-9-17(27)5-7-21(19)36-25/h1-13H,(H2,28,29,32)/b14-10+,15-11+. The van der Waals surface area contributed by atoms with Crippen LogP contribution in [0.3, 0.4) is 0 Å². The molecule has 0 aliphatic carbocycles. The Morgan fingerprint density at radius 3 is 1.61 bits per heavy atom. The van der Waals surface area contributed by atoms with Crippen LogP contribution in [0.25, 0.3) is 33.3 Å². The topological polar surface area (TPSA) is 123 Å². The number of hydrogen-bond acceptors (Lipinski definition) is 9. The number of fused-ring (bicyclic) bond motifs is 2. The Labute approximate surface area is 213 Å². The van der Waals surface area contributed by atoms with Crippen molar-refractivity contribution in [3.63, 3.8) is 0 Å². The van der Waals surface area contributed by atoms with Gasteiger partial charge in [0, 0.05) is 22.4 Å². The first-order valence-electron chi connectivity index (χ1n) is 10.5. The van der Waals surface area contributed by atoms with E-state index in [1.54, 1.807) is 54.6 Å². The van der Waals surface area contributed by atoms with E-state index in [2.05, 4.69) is 25.6 Å². The minimum atomic E-state index is 0.141. The van der Waals surface area contributed by atoms with Gasteiger partial charge in [0.2, 0.25) is 11.8 Å². The van der Waals surface area contributed by atoms with Crippen LogP contribution < -0.4 is 10.6 Å². The van der Waals surface area contributed by atoms with Gasteiger partial charge in [-0.25, -0.2) is 15.0 Å². The van der Waals surface area contributed by atoms with E-state index in [9.17, 15) is 9.59 Å². The lowest BCUT2D eigenvalue weighted by Gasteiger charge is -2.05. The molecule has 5 aromatic rings. The van der Waals surface area contributed by atoms with Crippen LogP contribution in [0.5, 0.6) is 0 Å². The molecule has 0 spiro atoms. The molecule has 0 amide bonds. The molecule has 178 valence electrons. The Morgan fingerprint density at radius 2 is 1.17 bits per heavy atom. The van der Waals surface area contributed by atoms with Gasteiger partial charge in [-0.15, -0.1) is 0 Å². The number of nitrogens with one attached hydrogen (secondary N) is 2. The van der Waals surface area contributed by atoms with Crippen molar-refractivity contribution in [2.24, 2.45) is 0 Å². The quantitative estimate of drug-likeness (QED) is 0.188. The number of anilines is 2. The second kappa shape index (κ2) is 10.0. The molecule has 5 rings (SSSR count). The summed E-state index contributed by atoms with van der Waals surface area (Å²) in [5.74, 6) is 1.14. The van der Waals surface area contributed by atoms with Gasteiger partial charge in [0.15, 0.2) is 23.7 Å². The number of carbonyl (C=O) groups excluding carboxylic acids is 2. The lowest BCUT2D eigenvalue weighted by atomic mass is 10.3. The monoisotopic (exact) mass is 519 g/mol. The molecule has 0 radical (unpaired) electrons. The van der Waals surface area contributed by atoms with Crippen molar-refractivity contribution in [3.8, 4) is 0 Å². The third kappa shape index (κ3) is 4.97. The van der Waals surface area contributed by atoms with Crippen LogP contribution in [0.15, 0.2) is 75.8 Å². The van der Waals surface area contributed by atoms with Crippen molar-refractivity contribution in [1.29, 1.82) is 0 Å². The molecular formula is C25H15Cl2N5O4. The molecular weight excluding hydrogens is 505 g/mol. The summed E-state index contributed by atoms with van der Waals surface area (Å²) in [6.07, 6.45) is 4.10. The summed E-state index contributed by atoms with van der Waals surface area (Å²) >= 11 is 12.0. The summed E-state index contributed by atoms with van der Waals surface area (Å²) in [5, 5.41) is 6.91. The van der Waals surface area contributed by atoms with Crippen LogP contribution in [-0.2, 0) is 9.59 Å². The zero-order valence-electron chi connectivity index (χ0n) is 18.2. The Hall–Kier alpha value is -4.47. The van der Waals surface area contributed by atoms with Gasteiger partial charge in [-0.05, 0) is 48.5 Å². The first-order chi connectivity index (χ1) is 17.5. The number of halogens is 2. The smallest absolute Gasteiger partial charge is 0.232 e. The van der Waals surface area contributed by atoms with Gasteiger partial charge in [-0.1, -0.05) is 29.3 Å². The molecule has 0 fully saturated rings. The number of hydrogen-bond donors (Lipinski definition) is 2. The molecule has 0 saturated heterocycles. The predicted octanol–water partition coefficient (Wildman–Crippen LogP) is 5.97. The fourth-order valence-electron chi connectivity index (χ4n) is 3.24. The van der Waals surface area contributed by atoms with Crippen molar-refractivity contribution in [2.75, 3.05) is 10.6 Å². The first-order valence-corrected chi connectivity index (χ1v) is 11.2. The SMILES string of the molecule is O=C/C(=C\Nc1cccc(N/C=C(\C=O)c2nc3cc(Cl)ccc3o2)n1)c1nc2cc(Cl)ccc2o1. The normalized spacial score (nSPS) is 12.2. The fourth-order valence-corrected chi connectivity index (χ4v) is 3.57. The van der Waals surface area contributed by atoms with E-state index in [0.29, 0.717) is 56.5 Å². The average Bonchev–Trinajstić information content (AvgIpc) is 3.48. The van der Waals surface area contributed by atoms with E-state index in [4.69, 9.17) is 32.0 Å². The van der Waals surface area contributed by atoms with Gasteiger partial charge in [0.1, 0.15) is 22.7 Å². The van der Waals surface area contributed by atoms with Gasteiger partial charge in [-0.2, -0.15) is 0 Å². The number of aldehydes is 2. The van der Waals surface area contributed by atoms with Crippen molar-refractivity contribution >= 4 is 80.8 Å². The maximum absolute atomic E-state index is 11.6. The predicted molar refractivity (Wildman–Crippen MR) is 138 cm³/mol. The summed E-state index contributed by atoms with van der Waals surface area (Å²) in [4.78, 5) is 36.3. The van der Waals surface area contributed by atoms with Crippen molar-refractivity contribution in [3.05, 3.63) is 88.8 Å². The number of pyridine rings is 1. The maximum atomic E-state index is 11.6. The second-order valence-corrected chi connectivity index (χ2v) is 8.27. The van der Waals surface area contributed by atoms with Crippen molar-refractivity contribution in [1.82, 2.24) is 15.0 Å².